The van der Waals surface area contributed by atoms with E-state index < -0.39 is 24.0 Å². The van der Waals surface area contributed by atoms with Crippen LogP contribution in [0.3, 0.4) is 0 Å². The molecule has 0 rings (SSSR count). The predicted octanol–water partition coefficient (Wildman–Crippen LogP) is 3.40. The fourth-order valence-corrected chi connectivity index (χ4v) is 2.20. The Hall–Kier alpha value is 0.511. The number of carbonyl (C=O) groups excluding carboxylic acids is 1. The van der Waals surface area contributed by atoms with E-state index in [2.05, 4.69) is 6.92 Å². The first-order valence-electron chi connectivity index (χ1n) is 7.81. The number of aliphatic carboxylic acids is 1. The molecule has 5 heteroatoms. The van der Waals surface area contributed by atoms with Gasteiger partial charge < -0.3 is 9.84 Å². The van der Waals surface area contributed by atoms with E-state index in [1.165, 1.54) is 38.5 Å². The van der Waals surface area contributed by atoms with Crippen molar-refractivity contribution in [2.24, 2.45) is 0 Å². The third-order valence-corrected chi connectivity index (χ3v) is 3.32. The number of unbranched alkanes of at least 4 members (excludes halogenated alkanes) is 7. The van der Waals surface area contributed by atoms with Crippen molar-refractivity contribution < 1.29 is 19.4 Å². The molecule has 0 aliphatic heterocycles. The fraction of sp³-hybridized carbons (Fsp3) is 0.875. The Balaban J connectivity index is 0. The van der Waals surface area contributed by atoms with Crippen LogP contribution in [0.4, 0.5) is 0 Å². The zero-order valence-corrected chi connectivity index (χ0v) is 13.2. The molecule has 0 aromatic rings. The number of esters is 1. The van der Waals surface area contributed by atoms with Crippen molar-refractivity contribution in [2.75, 3.05) is 0 Å². The van der Waals surface area contributed by atoms with Crippen LogP contribution in [0.5, 0.6) is 0 Å². The van der Waals surface area contributed by atoms with Gasteiger partial charge in [-0.1, -0.05) is 51.9 Å². The molecule has 0 amide bonds. The second kappa shape index (κ2) is 14.1. The number of hydrogen-bond donors (Lipinski definition) is 1. The number of rotatable bonds is 12. The van der Waals surface area contributed by atoms with Crippen molar-refractivity contribution >= 4 is 60.8 Å². The van der Waals surface area contributed by atoms with Crippen molar-refractivity contribution in [2.45, 2.75) is 90.6 Å². The Labute approximate surface area is 169 Å². The normalized spacial score (nSPS) is 10.8. The van der Waals surface area contributed by atoms with Gasteiger partial charge in [0.25, 0.3) is 0 Å². The molecule has 0 heterocycles. The molecule has 0 aromatic carbocycles. The number of hydrogen-bond acceptors (Lipinski definition) is 3. The van der Waals surface area contributed by atoms with Gasteiger partial charge in [0, 0.05) is 0 Å². The van der Waals surface area contributed by atoms with Crippen LogP contribution < -0.4 is 0 Å². The van der Waals surface area contributed by atoms with Gasteiger partial charge in [0.05, 0.1) is 0 Å². The first kappa shape index (κ1) is 23.8. The minimum absolute atomic E-state index is 0. The van der Waals surface area contributed by atoms with Crippen LogP contribution >= 0.6 is 0 Å². The Morgan fingerprint density at radius 1 is 0.952 bits per heavy atom. The molecule has 0 saturated heterocycles. The summed E-state index contributed by atoms with van der Waals surface area (Å²) in [6.07, 6.45) is 10.1. The van der Waals surface area contributed by atoms with Crippen molar-refractivity contribution in [3.8, 4) is 0 Å². The van der Waals surface area contributed by atoms with Crippen LogP contribution in [0.25, 0.3) is 0 Å². The van der Waals surface area contributed by atoms with Crippen LogP contribution in [0.2, 0.25) is 0 Å². The summed E-state index contributed by atoms with van der Waals surface area (Å²) in [5, 5.41) is 8.51. The van der Waals surface area contributed by atoms with Crippen LogP contribution in [0, 0.1) is 0 Å². The molecule has 0 atom stereocenters. The van der Waals surface area contributed by atoms with Crippen LogP contribution in [-0.4, -0.2) is 71.5 Å². The third-order valence-electron chi connectivity index (χ3n) is 3.32. The van der Waals surface area contributed by atoms with E-state index in [0.717, 1.165) is 19.3 Å². The quantitative estimate of drug-likeness (QED) is 0.225. The standard InChI is InChI=1S/C16H30O4.Ba.2H/c1-4-5-6-7-8-9-10-11-12-16(2,3)20-15(19)13-14(17)18;;;/h4-13H2,1-3H3,(H,17,18);;;. The van der Waals surface area contributed by atoms with Gasteiger partial charge in [-0.05, 0) is 26.7 Å². The minimum atomic E-state index is -1.14. The Bertz CT molecular complexity index is 290. The van der Waals surface area contributed by atoms with Crippen LogP contribution in [0.1, 0.15) is 85.0 Å². The van der Waals surface area contributed by atoms with Crippen molar-refractivity contribution in [3.63, 3.8) is 0 Å². The Morgan fingerprint density at radius 3 is 1.90 bits per heavy atom. The van der Waals surface area contributed by atoms with Gasteiger partial charge in [0.15, 0.2) is 0 Å². The predicted molar refractivity (Wildman–Crippen MR) is 88.2 cm³/mol. The molecule has 1 N–H and O–H groups in total. The number of carboxylic acid groups (broad SMARTS) is 1. The SMILES string of the molecule is CCCCCCCCCCC(C)(C)OC(=O)CC(=O)O.[BaH2]. The Morgan fingerprint density at radius 2 is 1.43 bits per heavy atom. The van der Waals surface area contributed by atoms with Gasteiger partial charge >= 0.3 is 60.8 Å². The van der Waals surface area contributed by atoms with E-state index in [-0.39, 0.29) is 48.9 Å². The van der Waals surface area contributed by atoms with Crippen molar-refractivity contribution in [3.05, 3.63) is 0 Å². The van der Waals surface area contributed by atoms with Gasteiger partial charge in [0.2, 0.25) is 0 Å². The maximum atomic E-state index is 11.3. The number of carbonyl (C=O) groups is 2. The summed E-state index contributed by atoms with van der Waals surface area (Å²) in [7, 11) is 0. The van der Waals surface area contributed by atoms with E-state index >= 15 is 0 Å². The van der Waals surface area contributed by atoms with Gasteiger partial charge in [-0.2, -0.15) is 0 Å². The summed E-state index contributed by atoms with van der Waals surface area (Å²) >= 11 is 0. The summed E-state index contributed by atoms with van der Waals surface area (Å²) in [5.74, 6) is -1.79. The maximum absolute atomic E-state index is 11.3. The molecule has 0 aliphatic rings. The second-order valence-corrected chi connectivity index (χ2v) is 6.03. The topological polar surface area (TPSA) is 63.6 Å². The summed E-state index contributed by atoms with van der Waals surface area (Å²) in [5.41, 5.74) is -0.561. The summed E-state index contributed by atoms with van der Waals surface area (Å²) in [6.45, 7) is 5.90. The number of carboxylic acids is 1. The molecular weight excluding hydrogens is 394 g/mol. The van der Waals surface area contributed by atoms with Crippen LogP contribution in [0.15, 0.2) is 0 Å². The molecule has 0 aliphatic carbocycles. The van der Waals surface area contributed by atoms with Gasteiger partial charge in [-0.15, -0.1) is 0 Å². The molecule has 21 heavy (non-hydrogen) atoms. The van der Waals surface area contributed by atoms with E-state index in [0.29, 0.717) is 0 Å². The van der Waals surface area contributed by atoms with E-state index in [4.69, 9.17) is 9.84 Å². The molecule has 0 saturated carbocycles. The zero-order valence-electron chi connectivity index (χ0n) is 13.2. The molecular formula is C16H32BaO4. The Kier molecular flexibility index (Phi) is 16.0. The molecule has 0 radical (unpaired) electrons. The average Bonchev–Trinajstić information content (AvgIpc) is 2.30. The van der Waals surface area contributed by atoms with Gasteiger partial charge in [-0.3, -0.25) is 9.59 Å². The zero-order chi connectivity index (χ0) is 15.4. The monoisotopic (exact) mass is 426 g/mol. The molecule has 0 spiro atoms. The number of ether oxygens (including phenoxy) is 1. The molecule has 0 unspecified atom stereocenters. The summed E-state index contributed by atoms with van der Waals surface area (Å²) in [4.78, 5) is 21.7. The molecule has 0 aromatic heterocycles. The van der Waals surface area contributed by atoms with Crippen molar-refractivity contribution in [1.82, 2.24) is 0 Å². The van der Waals surface area contributed by atoms with E-state index in [9.17, 15) is 9.59 Å². The van der Waals surface area contributed by atoms with Gasteiger partial charge in [-0.25, -0.2) is 0 Å². The second-order valence-electron chi connectivity index (χ2n) is 6.03. The van der Waals surface area contributed by atoms with Crippen molar-refractivity contribution in [1.29, 1.82) is 0 Å². The van der Waals surface area contributed by atoms with Gasteiger partial charge in [0.1, 0.15) is 12.0 Å². The first-order chi connectivity index (χ1) is 9.37. The fourth-order valence-electron chi connectivity index (χ4n) is 2.20. The summed E-state index contributed by atoms with van der Waals surface area (Å²) in [6, 6.07) is 0. The molecule has 0 fully saturated rings. The molecule has 122 valence electrons. The van der Waals surface area contributed by atoms with Crippen LogP contribution in [-0.2, 0) is 14.3 Å². The first-order valence-corrected chi connectivity index (χ1v) is 7.81. The molecule has 4 nitrogen and oxygen atoms in total. The summed E-state index contributed by atoms with van der Waals surface area (Å²) < 4.78 is 5.19. The van der Waals surface area contributed by atoms with E-state index in [1.807, 2.05) is 13.8 Å². The average molecular weight is 426 g/mol. The van der Waals surface area contributed by atoms with E-state index in [1.54, 1.807) is 0 Å². The third kappa shape index (κ3) is 16.7. The molecule has 0 bridgehead atoms.